The van der Waals surface area contributed by atoms with Gasteiger partial charge in [0.05, 0.1) is 5.69 Å². The number of carbonyl (C=O) groups excluding carboxylic acids is 1. The Bertz CT molecular complexity index is 1180. The van der Waals surface area contributed by atoms with E-state index in [4.69, 9.17) is 11.6 Å². The molecule has 0 aliphatic rings. The van der Waals surface area contributed by atoms with Crippen molar-refractivity contribution < 1.29 is 4.79 Å². The molecule has 0 bridgehead atoms. The zero-order valence-corrected chi connectivity index (χ0v) is 14.5. The molecule has 0 amide bonds. The lowest BCUT2D eigenvalue weighted by molar-refractivity contribution is 0.0924. The normalized spacial score (nSPS) is 11.0. The Morgan fingerprint density at radius 3 is 2.31 bits per heavy atom. The molecule has 7 heteroatoms. The summed E-state index contributed by atoms with van der Waals surface area (Å²) in [6, 6.07) is 17.7. The van der Waals surface area contributed by atoms with Crippen LogP contribution < -0.4 is 5.56 Å². The van der Waals surface area contributed by atoms with Crippen molar-refractivity contribution in [3.8, 4) is 22.5 Å². The summed E-state index contributed by atoms with van der Waals surface area (Å²) in [7, 11) is 0. The molecule has 0 atom stereocenters. The Kier molecular flexibility index (Phi) is 3.89. The monoisotopic (exact) mass is 364 g/mol. The average Bonchev–Trinajstić information content (AvgIpc) is 3.09. The molecule has 128 valence electrons. The largest absolute Gasteiger partial charge is 0.301 e. The van der Waals surface area contributed by atoms with Gasteiger partial charge in [-0.25, -0.2) is 0 Å². The quantitative estimate of drug-likeness (QED) is 0.545. The minimum absolute atomic E-state index is 0.166. The number of hydrogen-bond acceptors (Lipinski definition) is 4. The molecule has 0 saturated carbocycles. The summed E-state index contributed by atoms with van der Waals surface area (Å²) >= 11 is 5.92. The summed E-state index contributed by atoms with van der Waals surface area (Å²) in [5.41, 5.74) is 2.06. The average molecular weight is 365 g/mol. The molecule has 2 aromatic heterocycles. The van der Waals surface area contributed by atoms with Crippen molar-refractivity contribution in [3.63, 3.8) is 0 Å². The van der Waals surface area contributed by atoms with Crippen molar-refractivity contribution in [1.29, 1.82) is 0 Å². The third-order valence-corrected chi connectivity index (χ3v) is 4.24. The SMILES string of the molecule is CC(=O)n1nc(-c2ccccc2)c(=O)n2nc(-c3ccc(Cl)cc3)cc12. The molecule has 4 aromatic rings. The van der Waals surface area contributed by atoms with E-state index in [1.165, 1.54) is 16.1 Å². The van der Waals surface area contributed by atoms with Gasteiger partial charge in [0.2, 0.25) is 5.91 Å². The first-order chi connectivity index (χ1) is 12.5. The van der Waals surface area contributed by atoms with Crippen LogP contribution in [0.3, 0.4) is 0 Å². The van der Waals surface area contributed by atoms with Gasteiger partial charge in [-0.3, -0.25) is 9.59 Å². The molecular formula is C19H13ClN4O2. The predicted octanol–water partition coefficient (Wildman–Crippen LogP) is 3.54. The Morgan fingerprint density at radius 2 is 1.65 bits per heavy atom. The lowest BCUT2D eigenvalue weighted by Gasteiger charge is -2.06. The minimum Gasteiger partial charge on any atom is -0.273 e. The molecule has 2 heterocycles. The predicted molar refractivity (Wildman–Crippen MR) is 99.4 cm³/mol. The number of fused-ring (bicyclic) bond motifs is 1. The van der Waals surface area contributed by atoms with Gasteiger partial charge in [0, 0.05) is 29.1 Å². The fourth-order valence-electron chi connectivity index (χ4n) is 2.74. The van der Waals surface area contributed by atoms with Gasteiger partial charge in [-0.15, -0.1) is 0 Å². The Balaban J connectivity index is 2.01. The maximum atomic E-state index is 12.9. The topological polar surface area (TPSA) is 69.3 Å². The van der Waals surface area contributed by atoms with Gasteiger partial charge in [0.1, 0.15) is 0 Å². The summed E-state index contributed by atoms with van der Waals surface area (Å²) < 4.78 is 2.40. The molecule has 0 unspecified atom stereocenters. The summed E-state index contributed by atoms with van der Waals surface area (Å²) in [6.07, 6.45) is 0. The van der Waals surface area contributed by atoms with Gasteiger partial charge < -0.3 is 0 Å². The molecular weight excluding hydrogens is 352 g/mol. The van der Waals surface area contributed by atoms with Crippen molar-refractivity contribution in [2.75, 3.05) is 0 Å². The third kappa shape index (κ3) is 2.70. The van der Waals surface area contributed by atoms with Crippen LogP contribution in [0, 0.1) is 0 Å². The standard InChI is InChI=1S/C19H13ClN4O2/c1-12(25)23-17-11-16(13-7-9-15(20)10-8-13)21-24(17)19(26)18(22-23)14-5-3-2-4-6-14/h2-11H,1H3. The first-order valence-electron chi connectivity index (χ1n) is 7.90. The lowest BCUT2D eigenvalue weighted by Crippen LogP contribution is -2.26. The van der Waals surface area contributed by atoms with E-state index in [-0.39, 0.29) is 17.2 Å². The number of rotatable bonds is 2. The first-order valence-corrected chi connectivity index (χ1v) is 8.28. The van der Waals surface area contributed by atoms with Crippen LogP contribution >= 0.6 is 11.6 Å². The van der Waals surface area contributed by atoms with Crippen LogP contribution in [0.25, 0.3) is 28.2 Å². The molecule has 6 nitrogen and oxygen atoms in total. The van der Waals surface area contributed by atoms with Crippen molar-refractivity contribution >= 4 is 23.2 Å². The molecule has 0 radical (unpaired) electrons. The van der Waals surface area contributed by atoms with Crippen molar-refractivity contribution in [2.45, 2.75) is 6.92 Å². The summed E-state index contributed by atoms with van der Waals surface area (Å²) in [4.78, 5) is 25.0. The highest BCUT2D eigenvalue weighted by molar-refractivity contribution is 6.30. The highest BCUT2D eigenvalue weighted by atomic mass is 35.5. The molecule has 26 heavy (non-hydrogen) atoms. The van der Waals surface area contributed by atoms with Crippen LogP contribution in [0.5, 0.6) is 0 Å². The zero-order valence-electron chi connectivity index (χ0n) is 13.8. The number of hydrogen-bond donors (Lipinski definition) is 0. The van der Waals surface area contributed by atoms with E-state index in [0.717, 1.165) is 5.56 Å². The Labute approximate surface area is 153 Å². The molecule has 0 N–H and O–H groups in total. The Hall–Kier alpha value is -3.25. The van der Waals surface area contributed by atoms with Crippen LogP contribution in [-0.4, -0.2) is 25.3 Å². The number of nitrogens with zero attached hydrogens (tertiary/aromatic N) is 4. The highest BCUT2D eigenvalue weighted by Crippen LogP contribution is 2.22. The number of aromatic nitrogens is 4. The van der Waals surface area contributed by atoms with E-state index in [0.29, 0.717) is 21.9 Å². The van der Waals surface area contributed by atoms with E-state index in [2.05, 4.69) is 10.2 Å². The second-order valence-corrected chi connectivity index (χ2v) is 6.19. The maximum absolute atomic E-state index is 12.9. The molecule has 0 aliphatic carbocycles. The summed E-state index contributed by atoms with van der Waals surface area (Å²) in [5, 5.41) is 9.26. The van der Waals surface area contributed by atoms with Gasteiger partial charge in [0.15, 0.2) is 11.3 Å². The van der Waals surface area contributed by atoms with Crippen LogP contribution in [0.1, 0.15) is 11.7 Å². The van der Waals surface area contributed by atoms with Gasteiger partial charge in [-0.05, 0) is 12.1 Å². The van der Waals surface area contributed by atoms with Crippen molar-refractivity contribution in [1.82, 2.24) is 19.4 Å². The lowest BCUT2D eigenvalue weighted by atomic mass is 10.1. The fourth-order valence-corrected chi connectivity index (χ4v) is 2.86. The van der Waals surface area contributed by atoms with E-state index >= 15 is 0 Å². The summed E-state index contributed by atoms with van der Waals surface area (Å²) in [6.45, 7) is 1.39. The number of benzene rings is 2. The maximum Gasteiger partial charge on any atom is 0.301 e. The second kappa shape index (κ2) is 6.24. The van der Waals surface area contributed by atoms with Gasteiger partial charge in [-0.2, -0.15) is 19.4 Å². The van der Waals surface area contributed by atoms with Crippen LogP contribution in [0.2, 0.25) is 5.02 Å². The smallest absolute Gasteiger partial charge is 0.273 e. The van der Waals surface area contributed by atoms with Crippen LogP contribution in [0.4, 0.5) is 0 Å². The van der Waals surface area contributed by atoms with Crippen LogP contribution in [0.15, 0.2) is 65.5 Å². The Morgan fingerprint density at radius 1 is 0.962 bits per heavy atom. The first kappa shape index (κ1) is 16.2. The van der Waals surface area contributed by atoms with Crippen molar-refractivity contribution in [2.24, 2.45) is 0 Å². The summed E-state index contributed by atoms with van der Waals surface area (Å²) in [5.74, 6) is -0.310. The van der Waals surface area contributed by atoms with E-state index in [1.807, 2.05) is 6.07 Å². The minimum atomic E-state index is -0.385. The third-order valence-electron chi connectivity index (χ3n) is 3.99. The van der Waals surface area contributed by atoms with Crippen LogP contribution in [-0.2, 0) is 0 Å². The van der Waals surface area contributed by atoms with Crippen molar-refractivity contribution in [3.05, 3.63) is 76.0 Å². The molecule has 0 aliphatic heterocycles. The van der Waals surface area contributed by atoms with Gasteiger partial charge in [0.25, 0.3) is 0 Å². The van der Waals surface area contributed by atoms with E-state index in [9.17, 15) is 9.59 Å². The van der Waals surface area contributed by atoms with Gasteiger partial charge in [-0.1, -0.05) is 54.1 Å². The number of carbonyl (C=O) groups is 1. The van der Waals surface area contributed by atoms with Gasteiger partial charge >= 0.3 is 5.56 Å². The molecule has 0 saturated heterocycles. The molecule has 4 rings (SSSR count). The molecule has 0 spiro atoms. The molecule has 0 fully saturated rings. The molecule has 2 aromatic carbocycles. The fraction of sp³-hybridized carbons (Fsp3) is 0.0526. The number of halogens is 1. The van der Waals surface area contributed by atoms with E-state index < -0.39 is 0 Å². The van der Waals surface area contributed by atoms with E-state index in [1.54, 1.807) is 54.6 Å². The zero-order chi connectivity index (χ0) is 18.3. The highest BCUT2D eigenvalue weighted by Gasteiger charge is 2.17. The second-order valence-electron chi connectivity index (χ2n) is 5.76.